The molecule has 0 aliphatic heterocycles. The minimum atomic E-state index is -1.34. The third-order valence-corrected chi connectivity index (χ3v) is 5.59. The van der Waals surface area contributed by atoms with Crippen LogP contribution in [-0.4, -0.2) is 41.1 Å². The molecule has 3 N–H and O–H groups in total. The SMILES string of the molecule is CCCC(=O)Oc1ccc(C(C(C)C(C)OC(=O)C(C)(C)C)[C@H](N)C(=O)O)cc1OC(=O)CCC. The zero-order valence-electron chi connectivity index (χ0n) is 21.8. The summed E-state index contributed by atoms with van der Waals surface area (Å²) < 4.78 is 16.4. The average Bonchev–Trinajstić information content (AvgIpc) is 2.74. The zero-order chi connectivity index (χ0) is 26.9. The van der Waals surface area contributed by atoms with Crippen molar-refractivity contribution in [2.45, 2.75) is 92.2 Å². The lowest BCUT2D eigenvalue weighted by Crippen LogP contribution is -2.43. The van der Waals surface area contributed by atoms with Gasteiger partial charge >= 0.3 is 23.9 Å². The van der Waals surface area contributed by atoms with Gasteiger partial charge in [0.25, 0.3) is 0 Å². The zero-order valence-corrected chi connectivity index (χ0v) is 21.8. The smallest absolute Gasteiger partial charge is 0.321 e. The monoisotopic (exact) mass is 493 g/mol. The summed E-state index contributed by atoms with van der Waals surface area (Å²) in [4.78, 5) is 48.6. The van der Waals surface area contributed by atoms with Crippen LogP contribution in [0.2, 0.25) is 0 Å². The van der Waals surface area contributed by atoms with E-state index in [0.717, 1.165) is 0 Å². The van der Waals surface area contributed by atoms with E-state index in [-0.39, 0.29) is 24.3 Å². The van der Waals surface area contributed by atoms with Gasteiger partial charge in [0.15, 0.2) is 11.5 Å². The van der Waals surface area contributed by atoms with Gasteiger partial charge in [-0.25, -0.2) is 0 Å². The van der Waals surface area contributed by atoms with Gasteiger partial charge in [0.1, 0.15) is 12.1 Å². The molecule has 0 amide bonds. The Hall–Kier alpha value is -2.94. The van der Waals surface area contributed by atoms with Crippen LogP contribution in [0.3, 0.4) is 0 Å². The van der Waals surface area contributed by atoms with Gasteiger partial charge in [0.05, 0.1) is 5.41 Å². The van der Waals surface area contributed by atoms with Crippen LogP contribution in [-0.2, 0) is 23.9 Å². The Balaban J connectivity index is 3.45. The van der Waals surface area contributed by atoms with E-state index in [4.69, 9.17) is 19.9 Å². The Morgan fingerprint density at radius 2 is 1.46 bits per heavy atom. The second kappa shape index (κ2) is 13.2. The van der Waals surface area contributed by atoms with Gasteiger partial charge in [-0.05, 0) is 58.2 Å². The molecule has 0 aliphatic carbocycles. The lowest BCUT2D eigenvalue weighted by Gasteiger charge is -2.33. The highest BCUT2D eigenvalue weighted by Crippen LogP contribution is 2.37. The molecule has 0 bridgehead atoms. The Morgan fingerprint density at radius 3 is 1.91 bits per heavy atom. The first kappa shape index (κ1) is 30.1. The minimum Gasteiger partial charge on any atom is -0.480 e. The molecule has 196 valence electrons. The standard InChI is InChI=1S/C26H39NO8/c1-8-10-20(28)34-18-13-12-17(14-19(18)35-21(29)11-9-2)22(23(27)24(30)31)15(3)16(4)33-25(32)26(5,6)7/h12-16,22-23H,8-11,27H2,1-7H3,(H,30,31)/t15?,16?,22?,23-/m0/s1. The van der Waals surface area contributed by atoms with E-state index >= 15 is 0 Å². The molecular formula is C26H39NO8. The lowest BCUT2D eigenvalue weighted by molar-refractivity contribution is -0.160. The van der Waals surface area contributed by atoms with Crippen molar-refractivity contribution in [2.75, 3.05) is 0 Å². The molecule has 35 heavy (non-hydrogen) atoms. The summed E-state index contributed by atoms with van der Waals surface area (Å²) in [5.74, 6) is -3.93. The molecule has 1 rings (SSSR count). The van der Waals surface area contributed by atoms with E-state index in [1.165, 1.54) is 12.1 Å². The fourth-order valence-corrected chi connectivity index (χ4v) is 3.39. The molecule has 1 aromatic carbocycles. The number of aliphatic carboxylic acids is 1. The van der Waals surface area contributed by atoms with E-state index in [1.807, 2.05) is 13.8 Å². The van der Waals surface area contributed by atoms with Crippen molar-refractivity contribution in [3.63, 3.8) is 0 Å². The Bertz CT molecular complexity index is 905. The number of nitrogens with two attached hydrogens (primary N) is 1. The van der Waals surface area contributed by atoms with Gasteiger partial charge in [-0.1, -0.05) is 26.8 Å². The Morgan fingerprint density at radius 1 is 0.943 bits per heavy atom. The maximum atomic E-state index is 12.4. The van der Waals surface area contributed by atoms with Crippen molar-refractivity contribution in [3.05, 3.63) is 23.8 Å². The van der Waals surface area contributed by atoms with Crippen LogP contribution < -0.4 is 15.2 Å². The molecule has 1 aromatic rings. The van der Waals surface area contributed by atoms with Crippen molar-refractivity contribution in [1.82, 2.24) is 0 Å². The molecule has 0 aromatic heterocycles. The molecule has 4 atom stereocenters. The molecule has 9 heteroatoms. The van der Waals surface area contributed by atoms with Crippen LogP contribution in [0, 0.1) is 11.3 Å². The van der Waals surface area contributed by atoms with Crippen molar-refractivity contribution in [2.24, 2.45) is 17.1 Å². The van der Waals surface area contributed by atoms with E-state index in [1.54, 1.807) is 40.7 Å². The lowest BCUT2D eigenvalue weighted by atomic mass is 9.79. The normalized spacial score (nSPS) is 14.9. The van der Waals surface area contributed by atoms with E-state index < -0.39 is 53.3 Å². The number of carboxylic acid groups (broad SMARTS) is 1. The fourth-order valence-electron chi connectivity index (χ4n) is 3.39. The van der Waals surface area contributed by atoms with Gasteiger partial charge < -0.3 is 25.1 Å². The predicted octanol–water partition coefficient (Wildman–Crippen LogP) is 4.21. The largest absolute Gasteiger partial charge is 0.480 e. The number of carbonyl (C=O) groups is 4. The van der Waals surface area contributed by atoms with Gasteiger partial charge in [-0.3, -0.25) is 19.2 Å². The van der Waals surface area contributed by atoms with Crippen LogP contribution >= 0.6 is 0 Å². The number of hydrogen-bond donors (Lipinski definition) is 2. The first-order valence-corrected chi connectivity index (χ1v) is 12.0. The number of rotatable bonds is 12. The first-order chi connectivity index (χ1) is 16.2. The van der Waals surface area contributed by atoms with Crippen molar-refractivity contribution in [1.29, 1.82) is 0 Å². The van der Waals surface area contributed by atoms with Crippen LogP contribution in [0.15, 0.2) is 18.2 Å². The third kappa shape index (κ3) is 8.98. The highest BCUT2D eigenvalue weighted by Gasteiger charge is 2.37. The van der Waals surface area contributed by atoms with E-state index in [0.29, 0.717) is 18.4 Å². The molecule has 3 unspecified atom stereocenters. The predicted molar refractivity (Wildman–Crippen MR) is 130 cm³/mol. The van der Waals surface area contributed by atoms with Crippen molar-refractivity contribution < 1.29 is 38.5 Å². The molecular weight excluding hydrogens is 454 g/mol. The van der Waals surface area contributed by atoms with E-state index in [9.17, 15) is 24.3 Å². The fraction of sp³-hybridized carbons (Fsp3) is 0.615. The number of ether oxygens (including phenoxy) is 3. The molecule has 0 aliphatic rings. The van der Waals surface area contributed by atoms with Gasteiger partial charge in [-0.2, -0.15) is 0 Å². The Labute approximate surface area is 207 Å². The highest BCUT2D eigenvalue weighted by molar-refractivity contribution is 5.77. The molecule has 0 saturated heterocycles. The third-order valence-electron chi connectivity index (χ3n) is 5.59. The maximum absolute atomic E-state index is 12.4. The Kier molecular flexibility index (Phi) is 11.4. The summed E-state index contributed by atoms with van der Waals surface area (Å²) in [6.07, 6.45) is 0.819. The number of carboxylic acids is 1. The summed E-state index contributed by atoms with van der Waals surface area (Å²) in [7, 11) is 0. The van der Waals surface area contributed by atoms with Crippen LogP contribution in [0.4, 0.5) is 0 Å². The number of carbonyl (C=O) groups excluding carboxylic acids is 3. The first-order valence-electron chi connectivity index (χ1n) is 12.0. The van der Waals surface area contributed by atoms with Gasteiger partial charge in [0.2, 0.25) is 0 Å². The van der Waals surface area contributed by atoms with Gasteiger partial charge in [0, 0.05) is 24.7 Å². The van der Waals surface area contributed by atoms with Gasteiger partial charge in [-0.15, -0.1) is 0 Å². The quantitative estimate of drug-likeness (QED) is 0.323. The molecule has 0 saturated carbocycles. The summed E-state index contributed by atoms with van der Waals surface area (Å²) in [5, 5.41) is 9.69. The highest BCUT2D eigenvalue weighted by atomic mass is 16.6. The van der Waals surface area contributed by atoms with Crippen molar-refractivity contribution in [3.8, 4) is 11.5 Å². The number of hydrogen-bond acceptors (Lipinski definition) is 8. The average molecular weight is 494 g/mol. The molecule has 0 fully saturated rings. The summed E-state index contributed by atoms with van der Waals surface area (Å²) in [5.41, 5.74) is 5.78. The second-order valence-corrected chi connectivity index (χ2v) is 9.76. The second-order valence-electron chi connectivity index (χ2n) is 9.76. The minimum absolute atomic E-state index is 0.000434. The molecule has 0 spiro atoms. The van der Waals surface area contributed by atoms with Crippen molar-refractivity contribution >= 4 is 23.9 Å². The number of benzene rings is 1. The summed E-state index contributed by atoms with van der Waals surface area (Å²) in [6, 6.07) is 3.16. The van der Waals surface area contributed by atoms with Crippen LogP contribution in [0.5, 0.6) is 11.5 Å². The summed E-state index contributed by atoms with van der Waals surface area (Å²) in [6.45, 7) is 12.3. The topological polar surface area (TPSA) is 142 Å². The molecule has 0 heterocycles. The van der Waals surface area contributed by atoms with E-state index in [2.05, 4.69) is 0 Å². The van der Waals surface area contributed by atoms with Crippen LogP contribution in [0.1, 0.15) is 85.6 Å². The van der Waals surface area contributed by atoms with Crippen LogP contribution in [0.25, 0.3) is 0 Å². The summed E-state index contributed by atoms with van der Waals surface area (Å²) >= 11 is 0. The molecule has 0 radical (unpaired) electrons. The number of esters is 3. The molecule has 9 nitrogen and oxygen atoms in total. The maximum Gasteiger partial charge on any atom is 0.321 e.